The van der Waals surface area contributed by atoms with Crippen LogP contribution in [0.3, 0.4) is 0 Å². The molecule has 1 amide bonds. The largest absolute Gasteiger partial charge is 0.348 e. The van der Waals surface area contributed by atoms with Crippen LogP contribution in [-0.2, 0) is 9.84 Å². The summed E-state index contributed by atoms with van der Waals surface area (Å²) in [6.45, 7) is 1.83. The molecule has 0 spiro atoms. The van der Waals surface area contributed by atoms with Crippen molar-refractivity contribution in [3.05, 3.63) is 29.6 Å². The predicted octanol–water partition coefficient (Wildman–Crippen LogP) is 1.48. The minimum Gasteiger partial charge on any atom is -0.348 e. The van der Waals surface area contributed by atoms with Crippen molar-refractivity contribution in [1.82, 2.24) is 10.3 Å². The summed E-state index contributed by atoms with van der Waals surface area (Å²) in [6, 6.07) is 5.20. The minimum absolute atomic E-state index is 0.0849. The third-order valence-corrected chi connectivity index (χ3v) is 5.33. The molecule has 1 aromatic rings. The number of carbonyl (C=O) groups is 1. The van der Waals surface area contributed by atoms with Gasteiger partial charge in [-0.3, -0.25) is 4.79 Å². The molecule has 0 aromatic carbocycles. The minimum atomic E-state index is -3.03. The number of aryl methyl sites for hydroxylation is 1. The maximum atomic E-state index is 12.1. The quantitative estimate of drug-likeness (QED) is 0.916. The van der Waals surface area contributed by atoms with Crippen molar-refractivity contribution in [2.45, 2.75) is 43.9 Å². The molecule has 1 fully saturated rings. The van der Waals surface area contributed by atoms with Crippen LogP contribution >= 0.6 is 0 Å². The van der Waals surface area contributed by atoms with Gasteiger partial charge in [-0.05, 0) is 38.3 Å². The highest BCUT2D eigenvalue weighted by atomic mass is 32.2. The lowest BCUT2D eigenvalue weighted by Crippen LogP contribution is -2.42. The van der Waals surface area contributed by atoms with Crippen molar-refractivity contribution >= 4 is 15.7 Å². The van der Waals surface area contributed by atoms with Crippen LogP contribution < -0.4 is 5.32 Å². The van der Waals surface area contributed by atoms with Gasteiger partial charge in [-0.15, -0.1) is 0 Å². The molecule has 2 atom stereocenters. The lowest BCUT2D eigenvalue weighted by molar-refractivity contribution is 0.0922. The van der Waals surface area contributed by atoms with Crippen LogP contribution in [0.15, 0.2) is 18.2 Å². The predicted molar refractivity (Wildman–Crippen MR) is 77.3 cm³/mol. The number of nitrogens with zero attached hydrogens (tertiary/aromatic N) is 1. The molecule has 1 saturated carbocycles. The first-order chi connectivity index (χ1) is 9.36. The second kappa shape index (κ2) is 5.91. The lowest BCUT2D eigenvalue weighted by Gasteiger charge is -2.28. The average molecular weight is 296 g/mol. The summed E-state index contributed by atoms with van der Waals surface area (Å²) in [6.07, 6.45) is 4.10. The Morgan fingerprint density at radius 3 is 2.75 bits per heavy atom. The lowest BCUT2D eigenvalue weighted by atomic mass is 9.95. The first-order valence-electron chi connectivity index (χ1n) is 6.79. The Bertz CT molecular complexity index is 598. The number of hydrogen-bond acceptors (Lipinski definition) is 4. The first kappa shape index (κ1) is 15.0. The number of nitrogens with one attached hydrogen (secondary N) is 1. The molecule has 0 radical (unpaired) electrons. The van der Waals surface area contributed by atoms with Crippen molar-refractivity contribution in [2.24, 2.45) is 0 Å². The number of carbonyl (C=O) groups excluding carboxylic acids is 1. The fourth-order valence-corrected chi connectivity index (χ4v) is 3.77. The second-order valence-corrected chi connectivity index (χ2v) is 7.78. The van der Waals surface area contributed by atoms with Gasteiger partial charge >= 0.3 is 0 Å². The molecular formula is C14H20N2O3S. The molecule has 0 saturated heterocycles. The van der Waals surface area contributed by atoms with Gasteiger partial charge < -0.3 is 5.32 Å². The zero-order chi connectivity index (χ0) is 14.8. The molecule has 1 aliphatic carbocycles. The molecule has 0 bridgehead atoms. The summed E-state index contributed by atoms with van der Waals surface area (Å²) >= 11 is 0. The fourth-order valence-electron chi connectivity index (χ4n) is 2.59. The monoisotopic (exact) mass is 296 g/mol. The Morgan fingerprint density at radius 1 is 1.35 bits per heavy atom. The zero-order valence-corrected chi connectivity index (χ0v) is 12.6. The maximum absolute atomic E-state index is 12.1. The Labute approximate surface area is 119 Å². The molecule has 1 aromatic heterocycles. The number of sulfone groups is 1. The summed E-state index contributed by atoms with van der Waals surface area (Å²) in [5.74, 6) is -0.229. The van der Waals surface area contributed by atoms with E-state index in [1.807, 2.05) is 13.0 Å². The molecule has 1 N–H and O–H groups in total. The van der Waals surface area contributed by atoms with Crippen molar-refractivity contribution in [2.75, 3.05) is 6.26 Å². The fraction of sp³-hybridized carbons (Fsp3) is 0.571. The summed E-state index contributed by atoms with van der Waals surface area (Å²) in [5, 5.41) is 2.56. The van der Waals surface area contributed by atoms with Crippen LogP contribution in [0.25, 0.3) is 0 Å². The average Bonchev–Trinajstić information content (AvgIpc) is 2.38. The summed E-state index contributed by atoms with van der Waals surface area (Å²) in [4.78, 5) is 16.3. The number of aromatic nitrogens is 1. The Kier molecular flexibility index (Phi) is 4.42. The first-order valence-corrected chi connectivity index (χ1v) is 8.75. The van der Waals surface area contributed by atoms with Gasteiger partial charge in [-0.2, -0.15) is 0 Å². The topological polar surface area (TPSA) is 76.1 Å². The van der Waals surface area contributed by atoms with Gasteiger partial charge in [-0.25, -0.2) is 13.4 Å². The summed E-state index contributed by atoms with van der Waals surface area (Å²) in [5.41, 5.74) is 1.17. The van der Waals surface area contributed by atoms with Gasteiger partial charge in [0.25, 0.3) is 5.91 Å². The number of rotatable bonds is 3. The van der Waals surface area contributed by atoms with E-state index in [1.165, 1.54) is 6.26 Å². The van der Waals surface area contributed by atoms with E-state index in [9.17, 15) is 13.2 Å². The van der Waals surface area contributed by atoms with Gasteiger partial charge in [0.05, 0.1) is 5.25 Å². The number of amides is 1. The van der Waals surface area contributed by atoms with Crippen LogP contribution in [-0.4, -0.2) is 36.9 Å². The van der Waals surface area contributed by atoms with E-state index in [-0.39, 0.29) is 17.2 Å². The van der Waals surface area contributed by atoms with Crippen LogP contribution in [0.5, 0.6) is 0 Å². The van der Waals surface area contributed by atoms with Crippen molar-refractivity contribution in [3.8, 4) is 0 Å². The molecule has 5 nitrogen and oxygen atoms in total. The van der Waals surface area contributed by atoms with E-state index in [4.69, 9.17) is 0 Å². The summed E-state index contributed by atoms with van der Waals surface area (Å²) < 4.78 is 23.2. The SMILES string of the molecule is Cc1cccc(C(=O)N[C@H]2CCC[C@H](S(C)(=O)=O)C2)n1. The molecule has 6 heteroatoms. The molecule has 20 heavy (non-hydrogen) atoms. The smallest absolute Gasteiger partial charge is 0.270 e. The van der Waals surface area contributed by atoms with Crippen molar-refractivity contribution in [1.29, 1.82) is 0 Å². The molecular weight excluding hydrogens is 276 g/mol. The molecule has 1 heterocycles. The van der Waals surface area contributed by atoms with Gasteiger partial charge in [0, 0.05) is 18.0 Å². The Balaban J connectivity index is 2.01. The van der Waals surface area contributed by atoms with Gasteiger partial charge in [0.15, 0.2) is 0 Å². The highest BCUT2D eigenvalue weighted by Gasteiger charge is 2.29. The highest BCUT2D eigenvalue weighted by Crippen LogP contribution is 2.24. The maximum Gasteiger partial charge on any atom is 0.270 e. The van der Waals surface area contributed by atoms with Crippen LogP contribution in [0.2, 0.25) is 0 Å². The van der Waals surface area contributed by atoms with E-state index in [0.717, 1.165) is 18.5 Å². The van der Waals surface area contributed by atoms with Crippen LogP contribution in [0.1, 0.15) is 41.9 Å². The van der Waals surface area contributed by atoms with Crippen molar-refractivity contribution < 1.29 is 13.2 Å². The number of pyridine rings is 1. The number of hydrogen-bond donors (Lipinski definition) is 1. The van der Waals surface area contributed by atoms with E-state index in [2.05, 4.69) is 10.3 Å². The summed E-state index contributed by atoms with van der Waals surface area (Å²) in [7, 11) is -3.03. The third-order valence-electron chi connectivity index (χ3n) is 3.69. The van der Waals surface area contributed by atoms with Crippen LogP contribution in [0, 0.1) is 6.92 Å². The third kappa shape index (κ3) is 3.79. The molecule has 2 rings (SSSR count). The molecule has 0 unspecified atom stereocenters. The second-order valence-electron chi connectivity index (χ2n) is 5.45. The zero-order valence-electron chi connectivity index (χ0n) is 11.8. The van der Waals surface area contributed by atoms with Crippen molar-refractivity contribution in [3.63, 3.8) is 0 Å². The van der Waals surface area contributed by atoms with E-state index in [1.54, 1.807) is 12.1 Å². The highest BCUT2D eigenvalue weighted by molar-refractivity contribution is 7.91. The van der Waals surface area contributed by atoms with E-state index in [0.29, 0.717) is 18.5 Å². The molecule has 0 aliphatic heterocycles. The standard InChI is InChI=1S/C14H20N2O3S/c1-10-5-3-8-13(15-10)14(17)16-11-6-4-7-12(9-11)20(2,18)19/h3,5,8,11-12H,4,6-7,9H2,1-2H3,(H,16,17)/t11-,12-/m0/s1. The van der Waals surface area contributed by atoms with E-state index >= 15 is 0 Å². The van der Waals surface area contributed by atoms with Gasteiger partial charge in [0.1, 0.15) is 15.5 Å². The van der Waals surface area contributed by atoms with E-state index < -0.39 is 9.84 Å². The molecule has 1 aliphatic rings. The van der Waals surface area contributed by atoms with Gasteiger partial charge in [-0.1, -0.05) is 12.5 Å². The normalized spacial score (nSPS) is 23.3. The van der Waals surface area contributed by atoms with Crippen LogP contribution in [0.4, 0.5) is 0 Å². The van der Waals surface area contributed by atoms with Gasteiger partial charge in [0.2, 0.25) is 0 Å². The Morgan fingerprint density at radius 2 is 2.10 bits per heavy atom. The Hall–Kier alpha value is -1.43. The molecule has 110 valence electrons.